The van der Waals surface area contributed by atoms with Crippen molar-refractivity contribution < 1.29 is 13.2 Å². The third kappa shape index (κ3) is 2.70. The van der Waals surface area contributed by atoms with Gasteiger partial charge >= 0.3 is 11.9 Å². The van der Waals surface area contributed by atoms with Crippen LogP contribution in [0.5, 0.6) is 0 Å². The van der Waals surface area contributed by atoms with E-state index in [1.807, 2.05) is 0 Å². The second-order valence-corrected chi connectivity index (χ2v) is 5.52. The van der Waals surface area contributed by atoms with Crippen LogP contribution >= 0.6 is 0 Å². The fourth-order valence-electron chi connectivity index (χ4n) is 2.29. The number of hydrogen-bond donors (Lipinski definition) is 2. The average Bonchev–Trinajstić information content (AvgIpc) is 2.90. The Kier molecular flexibility index (Phi) is 3.54. The summed E-state index contributed by atoms with van der Waals surface area (Å²) in [5.74, 6) is -0.153. The van der Waals surface area contributed by atoms with Gasteiger partial charge in [-0.05, 0) is 12.0 Å². The topological polar surface area (TPSA) is 95.9 Å². The van der Waals surface area contributed by atoms with Crippen molar-refractivity contribution in [1.29, 1.82) is 0 Å². The fraction of sp³-hybridized carbons (Fsp3) is 0.286. The monoisotopic (exact) mass is 339 g/mol. The van der Waals surface area contributed by atoms with Gasteiger partial charge in [0.1, 0.15) is 0 Å². The Labute approximate surface area is 132 Å². The standard InChI is InChI=1S/C14H12F3N5O2/c1-6(2)7-3-9(8-4-18-13(24)20-12(8)23)21-22-5-10(14(15,16)17)19-11(7)22/h3-6H,1-2H3,(H2,18,20,23,24). The molecule has 0 amide bonds. The second-order valence-electron chi connectivity index (χ2n) is 5.52. The quantitative estimate of drug-likeness (QED) is 0.745. The summed E-state index contributed by atoms with van der Waals surface area (Å²) < 4.78 is 39.7. The minimum atomic E-state index is -4.60. The molecule has 0 aliphatic heterocycles. The maximum Gasteiger partial charge on any atom is 0.434 e. The molecule has 0 spiro atoms. The highest BCUT2D eigenvalue weighted by molar-refractivity contribution is 5.62. The summed E-state index contributed by atoms with van der Waals surface area (Å²) in [6.45, 7) is 3.58. The van der Waals surface area contributed by atoms with E-state index in [1.54, 1.807) is 13.8 Å². The van der Waals surface area contributed by atoms with E-state index in [9.17, 15) is 22.8 Å². The molecule has 2 N–H and O–H groups in total. The van der Waals surface area contributed by atoms with E-state index in [-0.39, 0.29) is 22.8 Å². The molecule has 0 aliphatic rings. The molecule has 24 heavy (non-hydrogen) atoms. The first kappa shape index (κ1) is 16.0. The molecule has 0 aromatic carbocycles. The third-order valence-electron chi connectivity index (χ3n) is 3.46. The van der Waals surface area contributed by atoms with Crippen molar-refractivity contribution in [3.8, 4) is 11.3 Å². The van der Waals surface area contributed by atoms with Crippen molar-refractivity contribution in [1.82, 2.24) is 24.6 Å². The second kappa shape index (κ2) is 5.32. The number of hydrogen-bond acceptors (Lipinski definition) is 4. The first-order valence-corrected chi connectivity index (χ1v) is 6.96. The van der Waals surface area contributed by atoms with E-state index in [0.717, 1.165) is 10.7 Å². The van der Waals surface area contributed by atoms with Crippen LogP contribution in [0.25, 0.3) is 16.9 Å². The maximum absolute atomic E-state index is 12.9. The van der Waals surface area contributed by atoms with Crippen molar-refractivity contribution >= 4 is 5.65 Å². The highest BCUT2D eigenvalue weighted by atomic mass is 19.4. The maximum atomic E-state index is 12.9. The molecule has 7 nitrogen and oxygen atoms in total. The van der Waals surface area contributed by atoms with Gasteiger partial charge in [0, 0.05) is 11.8 Å². The van der Waals surface area contributed by atoms with Crippen LogP contribution in [0.1, 0.15) is 31.0 Å². The van der Waals surface area contributed by atoms with Gasteiger partial charge in [-0.1, -0.05) is 13.8 Å². The summed E-state index contributed by atoms with van der Waals surface area (Å²) in [5, 5.41) is 4.03. The largest absolute Gasteiger partial charge is 0.434 e. The lowest BCUT2D eigenvalue weighted by atomic mass is 10.0. The zero-order valence-electron chi connectivity index (χ0n) is 12.6. The van der Waals surface area contributed by atoms with Gasteiger partial charge in [0.05, 0.1) is 17.5 Å². The van der Waals surface area contributed by atoms with Crippen molar-refractivity contribution in [3.05, 3.63) is 50.6 Å². The lowest BCUT2D eigenvalue weighted by Crippen LogP contribution is -2.23. The molecule has 0 fully saturated rings. The first-order chi connectivity index (χ1) is 11.2. The smallest absolute Gasteiger partial charge is 0.313 e. The van der Waals surface area contributed by atoms with Crippen LogP contribution < -0.4 is 11.2 Å². The molecule has 0 saturated heterocycles. The van der Waals surface area contributed by atoms with Gasteiger partial charge in [-0.3, -0.25) is 9.78 Å². The molecule has 10 heteroatoms. The van der Waals surface area contributed by atoms with Crippen molar-refractivity contribution in [3.63, 3.8) is 0 Å². The molecule has 0 saturated carbocycles. The minimum Gasteiger partial charge on any atom is -0.313 e. The van der Waals surface area contributed by atoms with E-state index < -0.39 is 23.1 Å². The Balaban J connectivity index is 2.31. The number of nitrogens with one attached hydrogen (secondary N) is 2. The molecule has 0 atom stereocenters. The molecule has 0 radical (unpaired) electrons. The normalized spacial score (nSPS) is 12.2. The molecule has 126 valence electrons. The van der Waals surface area contributed by atoms with Crippen LogP contribution in [0, 0.1) is 0 Å². The Hall–Kier alpha value is -2.91. The van der Waals surface area contributed by atoms with Gasteiger partial charge in [0.2, 0.25) is 0 Å². The van der Waals surface area contributed by atoms with Crippen LogP contribution in [0.15, 0.2) is 28.0 Å². The minimum absolute atomic E-state index is 0.0423. The van der Waals surface area contributed by atoms with E-state index >= 15 is 0 Å². The predicted molar refractivity (Wildman–Crippen MR) is 78.8 cm³/mol. The average molecular weight is 339 g/mol. The van der Waals surface area contributed by atoms with Gasteiger partial charge in [-0.2, -0.15) is 18.3 Å². The van der Waals surface area contributed by atoms with Gasteiger partial charge < -0.3 is 4.98 Å². The number of rotatable bonds is 2. The number of aromatic nitrogens is 5. The summed E-state index contributed by atoms with van der Waals surface area (Å²) in [4.78, 5) is 31.0. The van der Waals surface area contributed by atoms with E-state index in [2.05, 4.69) is 20.1 Å². The predicted octanol–water partition coefficient (Wildman–Crippen LogP) is 1.92. The highest BCUT2D eigenvalue weighted by Gasteiger charge is 2.34. The summed E-state index contributed by atoms with van der Waals surface area (Å²) in [6, 6.07) is 1.50. The Morgan fingerprint density at radius 3 is 2.54 bits per heavy atom. The zero-order chi connectivity index (χ0) is 17.6. The van der Waals surface area contributed by atoms with Crippen LogP contribution in [-0.4, -0.2) is 24.6 Å². The summed E-state index contributed by atoms with van der Waals surface area (Å²) >= 11 is 0. The summed E-state index contributed by atoms with van der Waals surface area (Å²) in [6.07, 6.45) is -2.66. The number of nitrogens with zero attached hydrogens (tertiary/aromatic N) is 3. The lowest BCUT2D eigenvalue weighted by molar-refractivity contribution is -0.140. The van der Waals surface area contributed by atoms with Crippen molar-refractivity contribution in [2.75, 3.05) is 0 Å². The number of halogens is 3. The molecule has 0 unspecified atom stereocenters. The Morgan fingerprint density at radius 1 is 1.25 bits per heavy atom. The highest BCUT2D eigenvalue weighted by Crippen LogP contribution is 2.31. The lowest BCUT2D eigenvalue weighted by Gasteiger charge is -2.09. The van der Waals surface area contributed by atoms with Gasteiger partial charge in [-0.15, -0.1) is 0 Å². The van der Waals surface area contributed by atoms with Crippen molar-refractivity contribution in [2.45, 2.75) is 25.9 Å². The molecule has 3 aromatic heterocycles. The Morgan fingerprint density at radius 2 is 1.96 bits per heavy atom. The van der Waals surface area contributed by atoms with E-state index in [4.69, 9.17) is 0 Å². The summed E-state index contributed by atoms with van der Waals surface area (Å²) in [5.41, 5.74) is -1.68. The molecular formula is C14H12F3N5O2. The van der Waals surface area contributed by atoms with E-state index in [1.165, 1.54) is 12.3 Å². The molecule has 3 heterocycles. The number of H-pyrrole nitrogens is 2. The van der Waals surface area contributed by atoms with E-state index in [0.29, 0.717) is 5.56 Å². The number of fused-ring (bicyclic) bond motifs is 1. The van der Waals surface area contributed by atoms with Gasteiger partial charge in [0.15, 0.2) is 11.3 Å². The van der Waals surface area contributed by atoms with Crippen LogP contribution in [0.4, 0.5) is 13.2 Å². The molecular weight excluding hydrogens is 327 g/mol. The first-order valence-electron chi connectivity index (χ1n) is 6.96. The van der Waals surface area contributed by atoms with Gasteiger partial charge in [0.25, 0.3) is 5.56 Å². The fourth-order valence-corrected chi connectivity index (χ4v) is 2.29. The van der Waals surface area contributed by atoms with Crippen LogP contribution in [-0.2, 0) is 6.18 Å². The van der Waals surface area contributed by atoms with Crippen LogP contribution in [0.3, 0.4) is 0 Å². The molecule has 3 rings (SSSR count). The van der Waals surface area contributed by atoms with Gasteiger partial charge in [-0.25, -0.2) is 14.3 Å². The third-order valence-corrected chi connectivity index (χ3v) is 3.46. The number of aromatic amines is 2. The zero-order valence-corrected chi connectivity index (χ0v) is 12.6. The SMILES string of the molecule is CC(C)c1cc(-c2c[nH]c(=O)[nH]c2=O)nn2cc(C(F)(F)F)nc12. The Bertz CT molecular complexity index is 1030. The molecule has 0 bridgehead atoms. The number of alkyl halides is 3. The number of imidazole rings is 1. The molecule has 0 aliphatic carbocycles. The summed E-state index contributed by atoms with van der Waals surface area (Å²) in [7, 11) is 0. The molecule has 3 aromatic rings. The van der Waals surface area contributed by atoms with Crippen LogP contribution in [0.2, 0.25) is 0 Å². The van der Waals surface area contributed by atoms with Crippen molar-refractivity contribution in [2.24, 2.45) is 0 Å².